The van der Waals surface area contributed by atoms with Crippen LogP contribution in [0.2, 0.25) is 0 Å². The number of benzene rings is 1. The molecule has 1 N–H and O–H groups in total. The Balaban J connectivity index is 1.46. The smallest absolute Gasteiger partial charge is 0.230 e. The molecule has 2 aromatic heterocycles. The van der Waals surface area contributed by atoms with E-state index in [1.54, 1.807) is 23.5 Å². The summed E-state index contributed by atoms with van der Waals surface area (Å²) in [4.78, 5) is 20.3. The van der Waals surface area contributed by atoms with E-state index in [1.165, 1.54) is 30.2 Å². The number of carbonyl (C=O) groups excluding carboxylic acids is 1. The van der Waals surface area contributed by atoms with Crippen LogP contribution < -0.4 is 5.32 Å². The van der Waals surface area contributed by atoms with E-state index in [9.17, 15) is 9.18 Å². The maximum absolute atomic E-state index is 12.8. The van der Waals surface area contributed by atoms with Gasteiger partial charge in [-0.2, -0.15) is 0 Å². The van der Waals surface area contributed by atoms with E-state index in [4.69, 9.17) is 0 Å². The molecule has 3 aromatic rings. The summed E-state index contributed by atoms with van der Waals surface area (Å²) in [6, 6.07) is 8.24. The number of nitrogens with zero attached hydrogens (tertiary/aromatic N) is 2. The molecule has 0 aliphatic rings. The van der Waals surface area contributed by atoms with E-state index in [0.717, 1.165) is 20.8 Å². The minimum atomic E-state index is -0.251. The number of carbonyl (C=O) groups is 1. The van der Waals surface area contributed by atoms with Crippen LogP contribution in [0.15, 0.2) is 47.1 Å². The highest BCUT2D eigenvalue weighted by molar-refractivity contribution is 8.00. The summed E-state index contributed by atoms with van der Waals surface area (Å²) in [5.74, 6) is 0.0207. The Kier molecular flexibility index (Phi) is 5.19. The molecule has 7 heteroatoms. The molecule has 0 saturated heterocycles. The summed E-state index contributed by atoms with van der Waals surface area (Å²) in [7, 11) is 0. The largest absolute Gasteiger partial charge is 0.355 e. The Morgan fingerprint density at radius 3 is 2.87 bits per heavy atom. The first-order valence-corrected chi connectivity index (χ1v) is 8.91. The van der Waals surface area contributed by atoms with Gasteiger partial charge < -0.3 is 5.32 Å². The second-order valence-corrected chi connectivity index (χ2v) is 6.71. The molecule has 118 valence electrons. The summed E-state index contributed by atoms with van der Waals surface area (Å²) >= 11 is 2.98. The van der Waals surface area contributed by atoms with Gasteiger partial charge in [-0.05, 0) is 35.6 Å². The van der Waals surface area contributed by atoms with Gasteiger partial charge in [0.05, 0.1) is 16.0 Å². The van der Waals surface area contributed by atoms with Crippen LogP contribution in [0.5, 0.6) is 0 Å². The van der Waals surface area contributed by atoms with Gasteiger partial charge in [0.2, 0.25) is 5.91 Å². The molecule has 0 spiro atoms. The van der Waals surface area contributed by atoms with Crippen molar-refractivity contribution in [3.63, 3.8) is 0 Å². The molecule has 0 aliphatic heterocycles. The zero-order valence-corrected chi connectivity index (χ0v) is 13.8. The minimum absolute atomic E-state index is 0.0413. The van der Waals surface area contributed by atoms with Crippen LogP contribution in [0.25, 0.3) is 10.2 Å². The fourth-order valence-electron chi connectivity index (χ4n) is 2.05. The number of nitrogens with one attached hydrogen (secondary N) is 1. The van der Waals surface area contributed by atoms with Gasteiger partial charge in [0.25, 0.3) is 0 Å². The number of fused-ring (bicyclic) bond motifs is 1. The maximum Gasteiger partial charge on any atom is 0.230 e. The van der Waals surface area contributed by atoms with Crippen molar-refractivity contribution in [3.05, 3.63) is 53.4 Å². The van der Waals surface area contributed by atoms with E-state index < -0.39 is 0 Å². The molecular weight excluding hydrogens is 333 g/mol. The van der Waals surface area contributed by atoms with Crippen molar-refractivity contribution in [3.8, 4) is 0 Å². The van der Waals surface area contributed by atoms with Gasteiger partial charge in [-0.1, -0.05) is 23.9 Å². The van der Waals surface area contributed by atoms with Crippen LogP contribution in [-0.2, 0) is 11.2 Å². The van der Waals surface area contributed by atoms with Crippen LogP contribution in [0.4, 0.5) is 4.39 Å². The van der Waals surface area contributed by atoms with Gasteiger partial charge in [0, 0.05) is 6.54 Å². The number of thiophene rings is 1. The lowest BCUT2D eigenvalue weighted by molar-refractivity contribution is -0.118. The quantitative estimate of drug-likeness (QED) is 0.549. The van der Waals surface area contributed by atoms with Gasteiger partial charge in [-0.25, -0.2) is 14.4 Å². The second-order valence-electron chi connectivity index (χ2n) is 4.83. The highest BCUT2D eigenvalue weighted by Gasteiger charge is 2.08. The zero-order chi connectivity index (χ0) is 16.1. The van der Waals surface area contributed by atoms with Crippen molar-refractivity contribution in [2.75, 3.05) is 12.3 Å². The molecule has 0 unspecified atom stereocenters. The molecule has 0 bridgehead atoms. The summed E-state index contributed by atoms with van der Waals surface area (Å²) in [5, 5.41) is 5.66. The Morgan fingerprint density at radius 2 is 2.04 bits per heavy atom. The number of amides is 1. The lowest BCUT2D eigenvalue weighted by Gasteiger charge is -2.05. The third-order valence-corrected chi connectivity index (χ3v) is 5.23. The highest BCUT2D eigenvalue weighted by Crippen LogP contribution is 2.28. The van der Waals surface area contributed by atoms with Crippen molar-refractivity contribution in [2.45, 2.75) is 11.4 Å². The van der Waals surface area contributed by atoms with Gasteiger partial charge >= 0.3 is 0 Å². The summed E-state index contributed by atoms with van der Waals surface area (Å²) in [6.45, 7) is 0.531. The normalized spacial score (nSPS) is 10.8. The van der Waals surface area contributed by atoms with E-state index >= 15 is 0 Å². The Labute approximate surface area is 141 Å². The molecule has 1 amide bonds. The molecule has 2 heterocycles. The standard InChI is InChI=1S/C16H14FN3OS2/c17-12-3-1-11(2-4-12)5-7-18-14(21)9-23-16-15-13(6-8-22-15)19-10-20-16/h1-4,6,8,10H,5,7,9H2,(H,18,21). The van der Waals surface area contributed by atoms with E-state index in [-0.39, 0.29) is 11.7 Å². The van der Waals surface area contributed by atoms with Gasteiger partial charge in [-0.15, -0.1) is 11.3 Å². The van der Waals surface area contributed by atoms with Crippen LogP contribution in [0.1, 0.15) is 5.56 Å². The van der Waals surface area contributed by atoms with Crippen molar-refractivity contribution >= 4 is 39.2 Å². The average molecular weight is 347 g/mol. The van der Waals surface area contributed by atoms with Gasteiger partial charge in [0.15, 0.2) is 0 Å². The van der Waals surface area contributed by atoms with Crippen LogP contribution in [0.3, 0.4) is 0 Å². The maximum atomic E-state index is 12.8. The number of aromatic nitrogens is 2. The molecule has 1 aromatic carbocycles. The van der Waals surface area contributed by atoms with Crippen molar-refractivity contribution in [1.82, 2.24) is 15.3 Å². The van der Waals surface area contributed by atoms with Gasteiger partial charge in [0.1, 0.15) is 17.2 Å². The molecule has 0 atom stereocenters. The topological polar surface area (TPSA) is 54.9 Å². The molecule has 0 saturated carbocycles. The molecule has 4 nitrogen and oxygen atoms in total. The highest BCUT2D eigenvalue weighted by atomic mass is 32.2. The number of hydrogen-bond donors (Lipinski definition) is 1. The predicted octanol–water partition coefficient (Wildman–Crippen LogP) is 3.28. The van der Waals surface area contributed by atoms with E-state index in [2.05, 4.69) is 15.3 Å². The van der Waals surface area contributed by atoms with Crippen molar-refractivity contribution in [1.29, 1.82) is 0 Å². The fraction of sp³-hybridized carbons (Fsp3) is 0.188. The zero-order valence-electron chi connectivity index (χ0n) is 12.2. The summed E-state index contributed by atoms with van der Waals surface area (Å²) < 4.78 is 13.8. The van der Waals surface area contributed by atoms with E-state index in [1.807, 2.05) is 11.4 Å². The van der Waals surface area contributed by atoms with Crippen molar-refractivity contribution in [2.24, 2.45) is 0 Å². The second kappa shape index (κ2) is 7.52. The summed E-state index contributed by atoms with van der Waals surface area (Å²) in [5.41, 5.74) is 1.90. The van der Waals surface area contributed by atoms with Gasteiger partial charge in [-0.3, -0.25) is 4.79 Å². The Morgan fingerprint density at radius 1 is 1.22 bits per heavy atom. The third kappa shape index (κ3) is 4.27. The first-order chi connectivity index (χ1) is 11.2. The SMILES string of the molecule is O=C(CSc1ncnc2ccsc12)NCCc1ccc(F)cc1. The lowest BCUT2D eigenvalue weighted by Crippen LogP contribution is -2.27. The lowest BCUT2D eigenvalue weighted by atomic mass is 10.1. The first kappa shape index (κ1) is 15.9. The summed E-state index contributed by atoms with van der Waals surface area (Å²) in [6.07, 6.45) is 2.20. The van der Waals surface area contributed by atoms with Crippen LogP contribution in [-0.4, -0.2) is 28.2 Å². The minimum Gasteiger partial charge on any atom is -0.355 e. The molecule has 23 heavy (non-hydrogen) atoms. The molecular formula is C16H14FN3OS2. The van der Waals surface area contributed by atoms with Crippen molar-refractivity contribution < 1.29 is 9.18 Å². The van der Waals surface area contributed by atoms with E-state index in [0.29, 0.717) is 18.7 Å². The molecule has 0 fully saturated rings. The number of rotatable bonds is 6. The fourth-order valence-corrected chi connectivity index (χ4v) is 3.83. The molecule has 0 radical (unpaired) electrons. The van der Waals surface area contributed by atoms with Crippen LogP contribution >= 0.6 is 23.1 Å². The Bertz CT molecular complexity index is 804. The molecule has 0 aliphatic carbocycles. The monoisotopic (exact) mass is 347 g/mol. The first-order valence-electron chi connectivity index (χ1n) is 7.04. The average Bonchev–Trinajstić information content (AvgIpc) is 3.04. The predicted molar refractivity (Wildman–Crippen MR) is 91.3 cm³/mol. The number of halogens is 1. The third-order valence-electron chi connectivity index (χ3n) is 3.20. The van der Waals surface area contributed by atoms with Crippen LogP contribution in [0, 0.1) is 5.82 Å². The Hall–Kier alpha value is -1.99. The molecule has 3 rings (SSSR count). The number of hydrogen-bond acceptors (Lipinski definition) is 5. The number of thioether (sulfide) groups is 1.